The van der Waals surface area contributed by atoms with E-state index in [4.69, 9.17) is 10.5 Å². The van der Waals surface area contributed by atoms with Gasteiger partial charge in [-0.3, -0.25) is 0 Å². The highest BCUT2D eigenvalue weighted by atomic mass is 79.9. The molecule has 1 aromatic rings. The summed E-state index contributed by atoms with van der Waals surface area (Å²) in [6.45, 7) is 7.04. The molecule has 1 aliphatic heterocycles. The third-order valence-corrected chi connectivity index (χ3v) is 4.66. The lowest BCUT2D eigenvalue weighted by molar-refractivity contribution is 0.0184. The van der Waals surface area contributed by atoms with E-state index in [1.54, 1.807) is 4.90 Å². The van der Waals surface area contributed by atoms with Crippen molar-refractivity contribution in [2.75, 3.05) is 18.8 Å². The summed E-state index contributed by atoms with van der Waals surface area (Å²) in [6.07, 6.45) is 2.38. The van der Waals surface area contributed by atoms with Crippen LogP contribution in [0.5, 0.6) is 0 Å². The number of halogens is 2. The van der Waals surface area contributed by atoms with Gasteiger partial charge in [0.2, 0.25) is 0 Å². The van der Waals surface area contributed by atoms with E-state index >= 15 is 0 Å². The molecule has 8 heteroatoms. The number of anilines is 1. The van der Waals surface area contributed by atoms with Crippen LogP contribution >= 0.6 is 31.9 Å². The first kappa shape index (κ1) is 18.4. The third kappa shape index (κ3) is 5.31. The average Bonchev–Trinajstić information content (AvgIpc) is 2.43. The molecule has 0 saturated carbocycles. The lowest BCUT2D eigenvalue weighted by Gasteiger charge is -2.33. The predicted octanol–water partition coefficient (Wildman–Crippen LogP) is 3.77. The van der Waals surface area contributed by atoms with E-state index in [-0.39, 0.29) is 6.09 Å². The molecule has 1 aromatic heterocycles. The van der Waals surface area contributed by atoms with Gasteiger partial charge in [-0.05, 0) is 77.8 Å². The van der Waals surface area contributed by atoms with Gasteiger partial charge in [0, 0.05) is 13.1 Å². The lowest BCUT2D eigenvalue weighted by atomic mass is 9.92. The number of carbonyl (C=O) groups is 1. The molecule has 0 unspecified atom stereocenters. The van der Waals surface area contributed by atoms with Crippen molar-refractivity contribution in [3.05, 3.63) is 15.0 Å². The maximum Gasteiger partial charge on any atom is 0.410 e. The van der Waals surface area contributed by atoms with Crippen LogP contribution in [0.4, 0.5) is 10.5 Å². The van der Waals surface area contributed by atoms with Gasteiger partial charge in [0.1, 0.15) is 10.2 Å². The van der Waals surface area contributed by atoms with Crippen molar-refractivity contribution in [1.29, 1.82) is 0 Å². The second-order valence-electron chi connectivity index (χ2n) is 6.76. The molecule has 6 nitrogen and oxygen atoms in total. The molecular formula is C15H22Br2N4O2. The first-order valence-electron chi connectivity index (χ1n) is 7.61. The second kappa shape index (κ2) is 7.34. The summed E-state index contributed by atoms with van der Waals surface area (Å²) in [4.78, 5) is 22.3. The Bertz CT molecular complexity index is 582. The van der Waals surface area contributed by atoms with Crippen LogP contribution in [0.25, 0.3) is 0 Å². The maximum absolute atomic E-state index is 12.1. The fraction of sp³-hybridized carbons (Fsp3) is 0.667. The Morgan fingerprint density at radius 2 is 1.91 bits per heavy atom. The van der Waals surface area contributed by atoms with E-state index in [1.807, 2.05) is 20.8 Å². The van der Waals surface area contributed by atoms with Gasteiger partial charge in [-0.25, -0.2) is 14.8 Å². The number of hydrogen-bond donors (Lipinski definition) is 1. The molecule has 0 atom stereocenters. The van der Waals surface area contributed by atoms with Crippen LogP contribution in [0.15, 0.2) is 9.34 Å². The molecule has 0 aromatic carbocycles. The second-order valence-corrected chi connectivity index (χ2v) is 8.22. The predicted molar refractivity (Wildman–Crippen MR) is 96.1 cm³/mol. The van der Waals surface area contributed by atoms with Crippen molar-refractivity contribution < 1.29 is 9.53 Å². The fourth-order valence-corrected chi connectivity index (χ4v) is 3.56. The summed E-state index contributed by atoms with van der Waals surface area (Å²) in [5, 5.41) is 0. The van der Waals surface area contributed by atoms with Crippen LogP contribution in [0.1, 0.15) is 39.3 Å². The molecule has 2 heterocycles. The molecule has 1 aliphatic rings. The first-order chi connectivity index (χ1) is 10.7. The molecule has 0 aliphatic carbocycles. The minimum absolute atomic E-state index is 0.233. The van der Waals surface area contributed by atoms with Crippen molar-refractivity contribution in [2.24, 2.45) is 5.92 Å². The van der Waals surface area contributed by atoms with Gasteiger partial charge in [0.05, 0.1) is 11.4 Å². The number of likely N-dealkylation sites (tertiary alicyclic amines) is 1. The molecule has 23 heavy (non-hydrogen) atoms. The Balaban J connectivity index is 1.92. The summed E-state index contributed by atoms with van der Waals surface area (Å²) < 4.78 is 6.55. The van der Waals surface area contributed by atoms with Crippen molar-refractivity contribution >= 4 is 43.6 Å². The molecular weight excluding hydrogens is 428 g/mol. The van der Waals surface area contributed by atoms with E-state index < -0.39 is 5.60 Å². The monoisotopic (exact) mass is 448 g/mol. The zero-order chi connectivity index (χ0) is 17.2. The number of aromatic nitrogens is 2. The zero-order valence-corrected chi connectivity index (χ0v) is 16.8. The number of piperidine rings is 1. The molecule has 1 saturated heterocycles. The summed E-state index contributed by atoms with van der Waals surface area (Å²) in [6, 6.07) is 0. The van der Waals surface area contributed by atoms with Gasteiger partial charge in [-0.15, -0.1) is 0 Å². The Morgan fingerprint density at radius 3 is 2.48 bits per heavy atom. The fourth-order valence-electron chi connectivity index (χ4n) is 2.53. The van der Waals surface area contributed by atoms with Crippen LogP contribution in [0.2, 0.25) is 0 Å². The molecule has 2 N–H and O–H groups in total. The van der Waals surface area contributed by atoms with Crippen molar-refractivity contribution in [1.82, 2.24) is 14.9 Å². The van der Waals surface area contributed by atoms with Crippen LogP contribution in [0, 0.1) is 5.92 Å². The van der Waals surface area contributed by atoms with E-state index in [1.165, 1.54) is 0 Å². The van der Waals surface area contributed by atoms with E-state index in [0.29, 0.717) is 34.0 Å². The molecule has 1 amide bonds. The number of carbonyl (C=O) groups excluding carboxylic acids is 1. The smallest absolute Gasteiger partial charge is 0.410 e. The largest absolute Gasteiger partial charge is 0.444 e. The SMILES string of the molecule is CC(C)(C)OC(=O)N1CCC(Cc2nc(Br)nc(Br)c2N)CC1. The van der Waals surface area contributed by atoms with Gasteiger partial charge in [0.25, 0.3) is 0 Å². The number of ether oxygens (including phenoxy) is 1. The number of rotatable bonds is 2. The molecule has 0 spiro atoms. The summed E-state index contributed by atoms with van der Waals surface area (Å²) in [5.41, 5.74) is 7.01. The Kier molecular flexibility index (Phi) is 5.89. The highest BCUT2D eigenvalue weighted by molar-refractivity contribution is 9.11. The quantitative estimate of drug-likeness (QED) is 0.548. The number of nitrogens with two attached hydrogens (primary N) is 1. The van der Waals surface area contributed by atoms with Gasteiger partial charge in [-0.1, -0.05) is 0 Å². The highest BCUT2D eigenvalue weighted by Crippen LogP contribution is 2.28. The van der Waals surface area contributed by atoms with Crippen LogP contribution < -0.4 is 5.73 Å². The van der Waals surface area contributed by atoms with Crippen molar-refractivity contribution in [3.63, 3.8) is 0 Å². The Hall–Kier alpha value is -0.890. The van der Waals surface area contributed by atoms with Gasteiger partial charge < -0.3 is 15.4 Å². The maximum atomic E-state index is 12.1. The van der Waals surface area contributed by atoms with Crippen molar-refractivity contribution in [3.8, 4) is 0 Å². The first-order valence-corrected chi connectivity index (χ1v) is 9.19. The van der Waals surface area contributed by atoms with E-state index in [9.17, 15) is 4.79 Å². The average molecular weight is 450 g/mol. The minimum Gasteiger partial charge on any atom is -0.444 e. The van der Waals surface area contributed by atoms with Crippen molar-refractivity contribution in [2.45, 2.75) is 45.6 Å². The number of nitrogens with zero attached hydrogens (tertiary/aromatic N) is 3. The van der Waals surface area contributed by atoms with E-state index in [2.05, 4.69) is 41.8 Å². The van der Waals surface area contributed by atoms with Crippen LogP contribution in [-0.4, -0.2) is 39.7 Å². The molecule has 1 fully saturated rings. The normalized spacial score (nSPS) is 16.5. The Morgan fingerprint density at radius 1 is 1.30 bits per heavy atom. The molecule has 0 radical (unpaired) electrons. The number of amides is 1. The topological polar surface area (TPSA) is 81.3 Å². The third-order valence-electron chi connectivity index (χ3n) is 3.70. The van der Waals surface area contributed by atoms with Gasteiger partial charge in [0.15, 0.2) is 4.73 Å². The minimum atomic E-state index is -0.456. The van der Waals surface area contributed by atoms with Crippen LogP contribution in [0.3, 0.4) is 0 Å². The van der Waals surface area contributed by atoms with Gasteiger partial charge >= 0.3 is 6.09 Å². The number of hydrogen-bond acceptors (Lipinski definition) is 5. The number of nitrogen functional groups attached to an aromatic ring is 1. The molecule has 2 rings (SSSR count). The zero-order valence-electron chi connectivity index (χ0n) is 13.6. The summed E-state index contributed by atoms with van der Waals surface area (Å²) >= 11 is 6.63. The van der Waals surface area contributed by atoms with Gasteiger partial charge in [-0.2, -0.15) is 0 Å². The molecule has 0 bridgehead atoms. The lowest BCUT2D eigenvalue weighted by Crippen LogP contribution is -2.42. The van der Waals surface area contributed by atoms with E-state index in [0.717, 1.165) is 25.0 Å². The summed E-state index contributed by atoms with van der Waals surface area (Å²) in [5.74, 6) is 0.449. The van der Waals surface area contributed by atoms with Crippen LogP contribution in [-0.2, 0) is 11.2 Å². The summed E-state index contributed by atoms with van der Waals surface area (Å²) in [7, 11) is 0. The standard InChI is InChI=1S/C15H22Br2N4O2/c1-15(2,3)23-14(22)21-6-4-9(5-7-21)8-10-11(18)12(16)20-13(17)19-10/h9H,4-8,18H2,1-3H3. The highest BCUT2D eigenvalue weighted by Gasteiger charge is 2.27. The molecule has 128 valence electrons. The Labute approximate surface area is 153 Å².